The molecule has 2 aromatic heterocycles. The van der Waals surface area contributed by atoms with E-state index in [-0.39, 0.29) is 5.56 Å². The fraction of sp³-hybridized carbons (Fsp3) is 0.0769. The van der Waals surface area contributed by atoms with Crippen molar-refractivity contribution in [3.8, 4) is 11.3 Å². The Labute approximate surface area is 108 Å². The van der Waals surface area contributed by atoms with Crippen LogP contribution in [0, 0.1) is 6.92 Å². The molecule has 3 aromatic rings. The molecule has 0 amide bonds. The highest BCUT2D eigenvalue weighted by Gasteiger charge is 2.05. The summed E-state index contributed by atoms with van der Waals surface area (Å²) in [6, 6.07) is 10.7. The minimum absolute atomic E-state index is 0.151. The summed E-state index contributed by atoms with van der Waals surface area (Å²) in [7, 11) is 0. The highest BCUT2D eigenvalue weighted by Crippen LogP contribution is 2.19. The van der Waals surface area contributed by atoms with Crippen LogP contribution < -0.4 is 5.56 Å². The van der Waals surface area contributed by atoms with Gasteiger partial charge >= 0.3 is 0 Å². The molecule has 0 radical (unpaired) electrons. The van der Waals surface area contributed by atoms with Gasteiger partial charge in [0.25, 0.3) is 5.56 Å². The minimum atomic E-state index is -0.151. The number of fused-ring (bicyclic) bond motifs is 1. The van der Waals surface area contributed by atoms with E-state index in [0.717, 1.165) is 17.0 Å². The SMILES string of the molecule is Cc1cc2[nH]c(-c3ccc(Cl)cc3)cc(=O)n2n1. The summed E-state index contributed by atoms with van der Waals surface area (Å²) in [5.74, 6) is 0. The third kappa shape index (κ3) is 1.80. The smallest absolute Gasteiger partial charge is 0.274 e. The van der Waals surface area contributed by atoms with Gasteiger partial charge in [0.05, 0.1) is 11.4 Å². The van der Waals surface area contributed by atoms with Gasteiger partial charge in [-0.3, -0.25) is 4.79 Å². The van der Waals surface area contributed by atoms with E-state index in [1.54, 1.807) is 12.1 Å². The molecule has 0 fully saturated rings. The van der Waals surface area contributed by atoms with Crippen molar-refractivity contribution in [3.63, 3.8) is 0 Å². The van der Waals surface area contributed by atoms with Crippen molar-refractivity contribution in [3.05, 3.63) is 57.5 Å². The van der Waals surface area contributed by atoms with E-state index in [0.29, 0.717) is 10.7 Å². The topological polar surface area (TPSA) is 50.2 Å². The van der Waals surface area contributed by atoms with Crippen molar-refractivity contribution in [2.24, 2.45) is 0 Å². The minimum Gasteiger partial charge on any atom is -0.339 e. The van der Waals surface area contributed by atoms with Gasteiger partial charge in [-0.2, -0.15) is 9.61 Å². The lowest BCUT2D eigenvalue weighted by Gasteiger charge is -2.02. The first-order chi connectivity index (χ1) is 8.63. The van der Waals surface area contributed by atoms with Crippen LogP contribution in [0.25, 0.3) is 16.9 Å². The van der Waals surface area contributed by atoms with Gasteiger partial charge < -0.3 is 4.98 Å². The fourth-order valence-electron chi connectivity index (χ4n) is 1.90. The first-order valence-electron chi connectivity index (χ1n) is 5.49. The van der Waals surface area contributed by atoms with Crippen LogP contribution in [0.3, 0.4) is 0 Å². The fourth-order valence-corrected chi connectivity index (χ4v) is 2.03. The lowest BCUT2D eigenvalue weighted by molar-refractivity contribution is 0.882. The molecule has 1 aromatic carbocycles. The van der Waals surface area contributed by atoms with Gasteiger partial charge in [0.15, 0.2) is 0 Å². The quantitative estimate of drug-likeness (QED) is 0.730. The van der Waals surface area contributed by atoms with Crippen LogP contribution in [0.2, 0.25) is 5.02 Å². The van der Waals surface area contributed by atoms with Gasteiger partial charge in [-0.05, 0) is 24.6 Å². The maximum atomic E-state index is 11.9. The van der Waals surface area contributed by atoms with E-state index in [1.165, 1.54) is 10.6 Å². The number of H-pyrrole nitrogens is 1. The van der Waals surface area contributed by atoms with Crippen molar-refractivity contribution in [1.82, 2.24) is 14.6 Å². The summed E-state index contributed by atoms with van der Waals surface area (Å²) >= 11 is 5.84. The first kappa shape index (κ1) is 11.0. The molecule has 4 nitrogen and oxygen atoms in total. The van der Waals surface area contributed by atoms with Gasteiger partial charge in [0, 0.05) is 17.2 Å². The third-order valence-corrected chi connectivity index (χ3v) is 2.98. The molecule has 5 heteroatoms. The highest BCUT2D eigenvalue weighted by molar-refractivity contribution is 6.30. The molecule has 3 rings (SSSR count). The number of halogens is 1. The van der Waals surface area contributed by atoms with Crippen LogP contribution in [-0.4, -0.2) is 14.6 Å². The van der Waals surface area contributed by atoms with E-state index in [1.807, 2.05) is 25.1 Å². The Kier molecular flexibility index (Phi) is 2.45. The van der Waals surface area contributed by atoms with Crippen molar-refractivity contribution >= 4 is 17.2 Å². The zero-order valence-electron chi connectivity index (χ0n) is 9.64. The maximum absolute atomic E-state index is 11.9. The normalized spacial score (nSPS) is 11.0. The Bertz CT molecular complexity index is 771. The average molecular weight is 260 g/mol. The molecule has 0 saturated heterocycles. The molecule has 0 bridgehead atoms. The van der Waals surface area contributed by atoms with E-state index < -0.39 is 0 Å². The first-order valence-corrected chi connectivity index (χ1v) is 5.87. The number of aryl methyl sites for hydroxylation is 1. The Morgan fingerprint density at radius 3 is 2.67 bits per heavy atom. The molecule has 90 valence electrons. The largest absolute Gasteiger partial charge is 0.339 e. The van der Waals surface area contributed by atoms with Crippen LogP contribution in [0.15, 0.2) is 41.2 Å². The van der Waals surface area contributed by atoms with Gasteiger partial charge in [-0.25, -0.2) is 0 Å². The predicted octanol–water partition coefficient (Wildman–Crippen LogP) is 2.65. The monoisotopic (exact) mass is 259 g/mol. The van der Waals surface area contributed by atoms with Gasteiger partial charge in [0.1, 0.15) is 5.65 Å². The van der Waals surface area contributed by atoms with Crippen molar-refractivity contribution in [2.45, 2.75) is 6.92 Å². The molecule has 0 aliphatic heterocycles. The second-order valence-electron chi connectivity index (χ2n) is 4.11. The number of nitrogens with one attached hydrogen (secondary N) is 1. The summed E-state index contributed by atoms with van der Waals surface area (Å²) in [4.78, 5) is 15.1. The molecule has 2 heterocycles. The van der Waals surface area contributed by atoms with Crippen LogP contribution in [0.1, 0.15) is 5.69 Å². The number of nitrogens with zero attached hydrogens (tertiary/aromatic N) is 2. The number of rotatable bonds is 1. The van der Waals surface area contributed by atoms with Crippen LogP contribution in [0.4, 0.5) is 0 Å². The summed E-state index contributed by atoms with van der Waals surface area (Å²) in [5.41, 5.74) is 3.00. The molecule has 0 unspecified atom stereocenters. The molecular weight excluding hydrogens is 250 g/mol. The predicted molar refractivity (Wildman–Crippen MR) is 71.0 cm³/mol. The number of aromatic amines is 1. The van der Waals surface area contributed by atoms with Crippen LogP contribution >= 0.6 is 11.6 Å². The lowest BCUT2D eigenvalue weighted by Crippen LogP contribution is -2.14. The highest BCUT2D eigenvalue weighted by atomic mass is 35.5. The zero-order valence-corrected chi connectivity index (χ0v) is 10.4. The van der Waals surface area contributed by atoms with Gasteiger partial charge in [-0.15, -0.1) is 0 Å². The maximum Gasteiger partial charge on any atom is 0.274 e. The Morgan fingerprint density at radius 2 is 1.94 bits per heavy atom. The van der Waals surface area contributed by atoms with Crippen molar-refractivity contribution < 1.29 is 0 Å². The zero-order chi connectivity index (χ0) is 12.7. The second kappa shape index (κ2) is 3.99. The van der Waals surface area contributed by atoms with Crippen LogP contribution in [0.5, 0.6) is 0 Å². The molecule has 0 atom stereocenters. The molecule has 0 spiro atoms. The molecule has 0 saturated carbocycles. The van der Waals surface area contributed by atoms with E-state index in [9.17, 15) is 4.79 Å². The Hall–Kier alpha value is -2.07. The van der Waals surface area contributed by atoms with E-state index in [2.05, 4.69) is 10.1 Å². The summed E-state index contributed by atoms with van der Waals surface area (Å²) in [5, 5.41) is 4.78. The summed E-state index contributed by atoms with van der Waals surface area (Å²) in [6.07, 6.45) is 0. The Balaban J connectivity index is 2.24. The lowest BCUT2D eigenvalue weighted by atomic mass is 10.1. The van der Waals surface area contributed by atoms with Gasteiger partial charge in [0.2, 0.25) is 0 Å². The molecule has 0 aliphatic carbocycles. The molecule has 18 heavy (non-hydrogen) atoms. The van der Waals surface area contributed by atoms with Crippen LogP contribution in [-0.2, 0) is 0 Å². The van der Waals surface area contributed by atoms with Crippen molar-refractivity contribution in [2.75, 3.05) is 0 Å². The average Bonchev–Trinajstić information content (AvgIpc) is 2.71. The Morgan fingerprint density at radius 1 is 1.22 bits per heavy atom. The van der Waals surface area contributed by atoms with Crippen molar-refractivity contribution in [1.29, 1.82) is 0 Å². The number of benzene rings is 1. The molecule has 1 N–H and O–H groups in total. The van der Waals surface area contributed by atoms with E-state index in [4.69, 9.17) is 11.6 Å². The standard InChI is InChI=1S/C13H10ClN3O/c1-8-6-12-15-11(7-13(18)17(12)16-8)9-2-4-10(14)5-3-9/h2-7,15H,1H3. The third-order valence-electron chi connectivity index (χ3n) is 2.73. The second-order valence-corrected chi connectivity index (χ2v) is 4.55. The summed E-state index contributed by atoms with van der Waals surface area (Å²) in [6.45, 7) is 1.85. The van der Waals surface area contributed by atoms with E-state index >= 15 is 0 Å². The number of hydrogen-bond acceptors (Lipinski definition) is 2. The summed E-state index contributed by atoms with van der Waals surface area (Å²) < 4.78 is 1.36. The molecule has 0 aliphatic rings. The van der Waals surface area contributed by atoms with Gasteiger partial charge in [-0.1, -0.05) is 23.7 Å². The molecular formula is C13H10ClN3O. The number of aromatic nitrogens is 3. The number of hydrogen-bond donors (Lipinski definition) is 1.